The highest BCUT2D eigenvalue weighted by Crippen LogP contribution is 2.18. The van der Waals surface area contributed by atoms with Gasteiger partial charge in [0.15, 0.2) is 0 Å². The first-order valence-electron chi connectivity index (χ1n) is 5.69. The van der Waals surface area contributed by atoms with E-state index in [1.54, 1.807) is 0 Å². The molecule has 2 aliphatic rings. The third-order valence-electron chi connectivity index (χ3n) is 2.90. The average Bonchev–Trinajstić information content (AvgIpc) is 2.33. The second-order valence-electron chi connectivity index (χ2n) is 4.18. The van der Waals surface area contributed by atoms with Crippen molar-refractivity contribution in [3.8, 4) is 0 Å². The van der Waals surface area contributed by atoms with Crippen molar-refractivity contribution in [1.29, 1.82) is 0 Å². The third kappa shape index (κ3) is 2.88. The summed E-state index contributed by atoms with van der Waals surface area (Å²) in [5, 5.41) is 12.2. The molecule has 1 saturated carbocycles. The highest BCUT2D eigenvalue weighted by atomic mass is 16.6. The number of aliphatic hydroxyl groups excluding tert-OH is 1. The van der Waals surface area contributed by atoms with Crippen LogP contribution in [0.4, 0.5) is 0 Å². The van der Waals surface area contributed by atoms with E-state index in [4.69, 9.17) is 9.47 Å². The Morgan fingerprint density at radius 2 is 2.06 bits per heavy atom. The Morgan fingerprint density at radius 1 is 1.31 bits per heavy atom. The molecule has 0 unspecified atom stereocenters. The fraction of sp³-hybridized carbons (Fsp3) is 0.727. The van der Waals surface area contributed by atoms with E-state index in [1.165, 1.54) is 6.26 Å². The Bertz CT molecular complexity index is 282. The zero-order valence-electron chi connectivity index (χ0n) is 9.15. The standard InChI is InChI=1S/C11H17NO4/c13-9-3-1-8(2-4-9)12-11(14)10-7-15-5-6-16-10/h7-9,13H,1-6H2,(H,12,14). The molecular weight excluding hydrogens is 210 g/mol. The fourth-order valence-corrected chi connectivity index (χ4v) is 1.96. The molecule has 1 amide bonds. The van der Waals surface area contributed by atoms with Crippen molar-refractivity contribution in [1.82, 2.24) is 5.32 Å². The molecule has 0 aromatic heterocycles. The average molecular weight is 227 g/mol. The van der Waals surface area contributed by atoms with Gasteiger partial charge in [0.1, 0.15) is 19.5 Å². The Labute approximate surface area is 94.4 Å². The Morgan fingerprint density at radius 3 is 2.69 bits per heavy atom. The lowest BCUT2D eigenvalue weighted by molar-refractivity contribution is -0.123. The molecule has 1 aliphatic heterocycles. The number of carbonyl (C=O) groups is 1. The van der Waals surface area contributed by atoms with Crippen molar-refractivity contribution in [2.24, 2.45) is 0 Å². The van der Waals surface area contributed by atoms with E-state index in [2.05, 4.69) is 5.32 Å². The first-order valence-corrected chi connectivity index (χ1v) is 5.69. The Balaban J connectivity index is 1.80. The van der Waals surface area contributed by atoms with E-state index in [0.717, 1.165) is 25.7 Å². The van der Waals surface area contributed by atoms with Crippen molar-refractivity contribution in [3.05, 3.63) is 12.0 Å². The number of aliphatic hydroxyl groups is 1. The summed E-state index contributed by atoms with van der Waals surface area (Å²) in [6.07, 6.45) is 4.29. The summed E-state index contributed by atoms with van der Waals surface area (Å²) in [4.78, 5) is 11.7. The lowest BCUT2D eigenvalue weighted by Crippen LogP contribution is -2.40. The van der Waals surface area contributed by atoms with Crippen LogP contribution >= 0.6 is 0 Å². The number of carbonyl (C=O) groups excluding carboxylic acids is 1. The van der Waals surface area contributed by atoms with Crippen LogP contribution in [0.1, 0.15) is 25.7 Å². The van der Waals surface area contributed by atoms with Crippen LogP contribution in [0.3, 0.4) is 0 Å². The van der Waals surface area contributed by atoms with Crippen LogP contribution in [0.25, 0.3) is 0 Å². The minimum atomic E-state index is -0.221. The molecule has 0 aromatic carbocycles. The van der Waals surface area contributed by atoms with Crippen LogP contribution in [0, 0.1) is 0 Å². The largest absolute Gasteiger partial charge is 0.494 e. The van der Waals surface area contributed by atoms with Crippen molar-refractivity contribution < 1.29 is 19.4 Å². The van der Waals surface area contributed by atoms with Crippen LogP contribution in [-0.4, -0.2) is 36.4 Å². The maximum Gasteiger partial charge on any atom is 0.289 e. The SMILES string of the molecule is O=C(NC1CCC(O)CC1)C1=COCCO1. The highest BCUT2D eigenvalue weighted by molar-refractivity contribution is 5.91. The molecule has 0 aromatic rings. The zero-order valence-corrected chi connectivity index (χ0v) is 9.15. The van der Waals surface area contributed by atoms with E-state index in [1.807, 2.05) is 0 Å². The van der Waals surface area contributed by atoms with Gasteiger partial charge >= 0.3 is 0 Å². The molecule has 1 aliphatic carbocycles. The molecule has 0 radical (unpaired) electrons. The summed E-state index contributed by atoms with van der Waals surface area (Å²) in [6.45, 7) is 0.912. The third-order valence-corrected chi connectivity index (χ3v) is 2.90. The van der Waals surface area contributed by atoms with E-state index < -0.39 is 0 Å². The molecule has 0 spiro atoms. The molecule has 1 fully saturated rings. The normalized spacial score (nSPS) is 29.7. The smallest absolute Gasteiger partial charge is 0.289 e. The van der Waals surface area contributed by atoms with Gasteiger partial charge in [-0.3, -0.25) is 4.79 Å². The van der Waals surface area contributed by atoms with Crippen LogP contribution in [-0.2, 0) is 14.3 Å². The van der Waals surface area contributed by atoms with Crippen LogP contribution < -0.4 is 5.32 Å². The molecule has 0 atom stereocenters. The minimum Gasteiger partial charge on any atom is -0.494 e. The minimum absolute atomic E-state index is 0.141. The van der Waals surface area contributed by atoms with Gasteiger partial charge in [-0.05, 0) is 25.7 Å². The van der Waals surface area contributed by atoms with Gasteiger partial charge < -0.3 is 19.9 Å². The lowest BCUT2D eigenvalue weighted by Gasteiger charge is -2.26. The summed E-state index contributed by atoms with van der Waals surface area (Å²) in [5.41, 5.74) is 0. The number of hydrogen-bond donors (Lipinski definition) is 2. The van der Waals surface area contributed by atoms with Gasteiger partial charge in [-0.2, -0.15) is 0 Å². The van der Waals surface area contributed by atoms with E-state index in [9.17, 15) is 9.90 Å². The molecule has 0 saturated heterocycles. The van der Waals surface area contributed by atoms with Crippen molar-refractivity contribution in [2.45, 2.75) is 37.8 Å². The van der Waals surface area contributed by atoms with Crippen molar-refractivity contribution in [2.75, 3.05) is 13.2 Å². The number of amides is 1. The Kier molecular flexibility index (Phi) is 3.66. The van der Waals surface area contributed by atoms with Crippen LogP contribution in [0.2, 0.25) is 0 Å². The van der Waals surface area contributed by atoms with E-state index in [-0.39, 0.29) is 23.8 Å². The van der Waals surface area contributed by atoms with Crippen LogP contribution in [0.5, 0.6) is 0 Å². The highest BCUT2D eigenvalue weighted by Gasteiger charge is 2.23. The molecule has 5 heteroatoms. The molecule has 1 heterocycles. The second kappa shape index (κ2) is 5.21. The van der Waals surface area contributed by atoms with Gasteiger partial charge in [0.25, 0.3) is 5.91 Å². The molecular formula is C11H17NO4. The first kappa shape index (κ1) is 11.3. The second-order valence-corrected chi connectivity index (χ2v) is 4.18. The first-order chi connectivity index (χ1) is 7.75. The summed E-state index contributed by atoms with van der Waals surface area (Å²) in [5.74, 6) is 0.0264. The molecule has 2 N–H and O–H groups in total. The predicted octanol–water partition coefficient (Wildman–Crippen LogP) is 0.294. The molecule has 90 valence electrons. The zero-order chi connectivity index (χ0) is 11.4. The summed E-state index contributed by atoms with van der Waals surface area (Å²) in [6, 6.07) is 0.141. The maximum atomic E-state index is 11.7. The molecule has 0 bridgehead atoms. The van der Waals surface area contributed by atoms with E-state index >= 15 is 0 Å². The quantitative estimate of drug-likeness (QED) is 0.711. The van der Waals surface area contributed by atoms with Crippen LogP contribution in [0.15, 0.2) is 12.0 Å². The molecule has 5 nitrogen and oxygen atoms in total. The van der Waals surface area contributed by atoms with E-state index in [0.29, 0.717) is 13.2 Å². The summed E-state index contributed by atoms with van der Waals surface area (Å²) in [7, 11) is 0. The van der Waals surface area contributed by atoms with Gasteiger partial charge in [0.05, 0.1) is 6.10 Å². The van der Waals surface area contributed by atoms with Gasteiger partial charge in [-0.25, -0.2) is 0 Å². The van der Waals surface area contributed by atoms with Gasteiger partial charge in [-0.15, -0.1) is 0 Å². The van der Waals surface area contributed by atoms with Crippen molar-refractivity contribution >= 4 is 5.91 Å². The van der Waals surface area contributed by atoms with Gasteiger partial charge in [0, 0.05) is 6.04 Å². The lowest BCUT2D eigenvalue weighted by atomic mass is 9.93. The number of hydrogen-bond acceptors (Lipinski definition) is 4. The van der Waals surface area contributed by atoms with Gasteiger partial charge in [0.2, 0.25) is 5.76 Å². The summed E-state index contributed by atoms with van der Waals surface area (Å²) < 4.78 is 10.2. The fourth-order valence-electron chi connectivity index (χ4n) is 1.96. The summed E-state index contributed by atoms with van der Waals surface area (Å²) >= 11 is 0. The number of nitrogens with one attached hydrogen (secondary N) is 1. The maximum absolute atomic E-state index is 11.7. The molecule has 2 rings (SSSR count). The monoisotopic (exact) mass is 227 g/mol. The van der Waals surface area contributed by atoms with Crippen molar-refractivity contribution in [3.63, 3.8) is 0 Å². The number of ether oxygens (including phenoxy) is 2. The predicted molar refractivity (Wildman–Crippen MR) is 56.4 cm³/mol. The molecule has 16 heavy (non-hydrogen) atoms. The number of rotatable bonds is 2. The Hall–Kier alpha value is -1.23. The van der Waals surface area contributed by atoms with Gasteiger partial charge in [-0.1, -0.05) is 0 Å². The topological polar surface area (TPSA) is 67.8 Å².